The average Bonchev–Trinajstić information content (AvgIpc) is 2.55. The van der Waals surface area contributed by atoms with E-state index in [1.165, 1.54) is 12.7 Å². The lowest BCUT2D eigenvalue weighted by molar-refractivity contribution is 0.168. The Balaban J connectivity index is 1.82. The Labute approximate surface area is 140 Å². The van der Waals surface area contributed by atoms with Gasteiger partial charge in [-0.05, 0) is 37.8 Å². The van der Waals surface area contributed by atoms with Gasteiger partial charge >= 0.3 is 0 Å². The Hall–Kier alpha value is -0.950. The third kappa shape index (κ3) is 5.88. The van der Waals surface area contributed by atoms with Gasteiger partial charge in [0, 0.05) is 26.7 Å². The molecule has 0 aliphatic carbocycles. The first-order chi connectivity index (χ1) is 11.0. The van der Waals surface area contributed by atoms with E-state index in [-0.39, 0.29) is 6.61 Å². The molecule has 2 unspecified atom stereocenters. The maximum absolute atomic E-state index is 12.1. The zero-order valence-corrected chi connectivity index (χ0v) is 14.9. The summed E-state index contributed by atoms with van der Waals surface area (Å²) in [5, 5.41) is -0.517. The molecule has 6 heteroatoms. The molecule has 1 aromatic rings. The highest BCUT2D eigenvalue weighted by Gasteiger charge is 2.24. The number of hydrogen-bond donors (Lipinski definition) is 1. The Bertz CT molecular complexity index is 562. The number of piperidine rings is 1. The monoisotopic (exact) mass is 340 g/mol. The molecule has 5 nitrogen and oxygen atoms in total. The molecule has 0 radical (unpaired) electrons. The molecule has 0 bridgehead atoms. The van der Waals surface area contributed by atoms with Gasteiger partial charge in [-0.2, -0.15) is 0 Å². The lowest BCUT2D eigenvalue weighted by atomic mass is 9.98. The van der Waals surface area contributed by atoms with Crippen molar-refractivity contribution in [2.45, 2.75) is 31.6 Å². The summed E-state index contributed by atoms with van der Waals surface area (Å²) < 4.78 is 32.0. The zero-order chi connectivity index (χ0) is 16.7. The topological polar surface area (TPSA) is 58.6 Å². The Morgan fingerprint density at radius 3 is 2.78 bits per heavy atom. The van der Waals surface area contributed by atoms with Crippen LogP contribution in [0.5, 0.6) is 0 Å². The van der Waals surface area contributed by atoms with E-state index in [1.54, 1.807) is 6.92 Å². The van der Waals surface area contributed by atoms with Crippen molar-refractivity contribution in [3.8, 4) is 0 Å². The fraction of sp³-hybridized carbons (Fsp3) is 0.647. The first-order valence-corrected chi connectivity index (χ1v) is 9.79. The minimum absolute atomic E-state index is 0.222. The molecule has 1 heterocycles. The first kappa shape index (κ1) is 18.4. The maximum Gasteiger partial charge on any atom is 0.216 e. The molecular formula is C17H28N2O3S. The summed E-state index contributed by atoms with van der Waals surface area (Å²) in [5.74, 6) is 0.372. The quantitative estimate of drug-likeness (QED) is 0.785. The lowest BCUT2D eigenvalue weighted by Crippen LogP contribution is -2.43. The standard InChI is InChI=1S/C17H28N2O3S/c1-15(14-22-2)23(20,21)18-11-17-9-6-10-19(13-17)12-16-7-4-3-5-8-16/h3-5,7-8,15,17-18H,6,9-14H2,1-2H3. The van der Waals surface area contributed by atoms with Crippen molar-refractivity contribution in [1.29, 1.82) is 0 Å². The number of methoxy groups -OCH3 is 1. The van der Waals surface area contributed by atoms with Gasteiger partial charge in [0.25, 0.3) is 0 Å². The second-order valence-electron chi connectivity index (χ2n) is 6.39. The minimum Gasteiger partial charge on any atom is -0.383 e. The van der Waals surface area contributed by atoms with E-state index in [9.17, 15) is 8.42 Å². The highest BCUT2D eigenvalue weighted by Crippen LogP contribution is 2.18. The van der Waals surface area contributed by atoms with E-state index in [0.717, 1.165) is 32.5 Å². The van der Waals surface area contributed by atoms with Crippen LogP contribution in [0.1, 0.15) is 25.3 Å². The van der Waals surface area contributed by atoms with Crippen LogP contribution in [-0.2, 0) is 21.3 Å². The van der Waals surface area contributed by atoms with Crippen molar-refractivity contribution < 1.29 is 13.2 Å². The van der Waals surface area contributed by atoms with Gasteiger partial charge in [-0.15, -0.1) is 0 Å². The number of nitrogens with one attached hydrogen (secondary N) is 1. The number of hydrogen-bond acceptors (Lipinski definition) is 4. The molecule has 23 heavy (non-hydrogen) atoms. The summed E-state index contributed by atoms with van der Waals surface area (Å²) in [4.78, 5) is 2.41. The van der Waals surface area contributed by atoms with Crippen LogP contribution in [0.4, 0.5) is 0 Å². The number of nitrogens with zero attached hydrogens (tertiary/aromatic N) is 1. The van der Waals surface area contributed by atoms with Crippen molar-refractivity contribution in [1.82, 2.24) is 9.62 Å². The molecule has 130 valence electrons. The van der Waals surface area contributed by atoms with Crippen molar-refractivity contribution in [3.63, 3.8) is 0 Å². The maximum atomic E-state index is 12.1. The summed E-state index contributed by atoms with van der Waals surface area (Å²) in [6.45, 7) is 5.37. The summed E-state index contributed by atoms with van der Waals surface area (Å²) in [7, 11) is -1.77. The summed E-state index contributed by atoms with van der Waals surface area (Å²) in [6, 6.07) is 10.4. The molecule has 1 saturated heterocycles. The molecule has 2 rings (SSSR count). The van der Waals surface area contributed by atoms with Crippen LogP contribution >= 0.6 is 0 Å². The zero-order valence-electron chi connectivity index (χ0n) is 14.1. The fourth-order valence-corrected chi connectivity index (χ4v) is 4.07. The van der Waals surface area contributed by atoms with Gasteiger partial charge in [-0.25, -0.2) is 13.1 Å². The van der Waals surface area contributed by atoms with Crippen molar-refractivity contribution in [3.05, 3.63) is 35.9 Å². The largest absolute Gasteiger partial charge is 0.383 e. The predicted molar refractivity (Wildman–Crippen MR) is 92.7 cm³/mol. The number of rotatable bonds is 8. The molecule has 2 atom stereocenters. The molecule has 0 aromatic heterocycles. The number of ether oxygens (including phenoxy) is 1. The number of likely N-dealkylation sites (tertiary alicyclic amines) is 1. The van der Waals surface area contributed by atoms with Crippen molar-refractivity contribution >= 4 is 10.0 Å². The van der Waals surface area contributed by atoms with E-state index in [0.29, 0.717) is 12.5 Å². The molecule has 0 saturated carbocycles. The van der Waals surface area contributed by atoms with Gasteiger partial charge in [0.15, 0.2) is 0 Å². The van der Waals surface area contributed by atoms with Crippen LogP contribution in [-0.4, -0.2) is 51.9 Å². The van der Waals surface area contributed by atoms with Crippen LogP contribution in [0.25, 0.3) is 0 Å². The smallest absolute Gasteiger partial charge is 0.216 e. The normalized spacial score (nSPS) is 21.2. The average molecular weight is 340 g/mol. The van der Waals surface area contributed by atoms with Crippen LogP contribution < -0.4 is 4.72 Å². The molecule has 1 aromatic carbocycles. The fourth-order valence-electron chi connectivity index (χ4n) is 3.00. The van der Waals surface area contributed by atoms with Crippen molar-refractivity contribution in [2.24, 2.45) is 5.92 Å². The van der Waals surface area contributed by atoms with Gasteiger partial charge in [0.05, 0.1) is 11.9 Å². The van der Waals surface area contributed by atoms with Crippen LogP contribution in [0.3, 0.4) is 0 Å². The van der Waals surface area contributed by atoms with E-state index < -0.39 is 15.3 Å². The second kappa shape index (κ2) is 8.78. The molecule has 1 fully saturated rings. The van der Waals surface area contributed by atoms with E-state index >= 15 is 0 Å². The predicted octanol–water partition coefficient (Wildman–Crippen LogP) is 1.85. The third-order valence-corrected chi connectivity index (χ3v) is 6.12. The minimum atomic E-state index is -3.29. The molecular weight excluding hydrogens is 312 g/mol. The second-order valence-corrected chi connectivity index (χ2v) is 8.57. The van der Waals surface area contributed by atoms with E-state index in [2.05, 4.69) is 33.9 Å². The molecule has 1 N–H and O–H groups in total. The van der Waals surface area contributed by atoms with Gasteiger partial charge in [0.2, 0.25) is 10.0 Å². The number of benzene rings is 1. The first-order valence-electron chi connectivity index (χ1n) is 8.25. The van der Waals surface area contributed by atoms with Crippen LogP contribution in [0.2, 0.25) is 0 Å². The van der Waals surface area contributed by atoms with E-state index in [4.69, 9.17) is 4.74 Å². The summed E-state index contributed by atoms with van der Waals surface area (Å²) in [6.07, 6.45) is 2.19. The van der Waals surface area contributed by atoms with Gasteiger partial charge in [-0.3, -0.25) is 4.90 Å². The van der Waals surface area contributed by atoms with Gasteiger partial charge in [0.1, 0.15) is 0 Å². The van der Waals surface area contributed by atoms with Gasteiger partial charge < -0.3 is 4.74 Å². The highest BCUT2D eigenvalue weighted by molar-refractivity contribution is 7.90. The summed E-state index contributed by atoms with van der Waals surface area (Å²) >= 11 is 0. The van der Waals surface area contributed by atoms with E-state index in [1.807, 2.05) is 6.07 Å². The van der Waals surface area contributed by atoms with Gasteiger partial charge in [-0.1, -0.05) is 30.3 Å². The van der Waals surface area contributed by atoms with Crippen LogP contribution in [0.15, 0.2) is 30.3 Å². The Morgan fingerprint density at radius 1 is 1.35 bits per heavy atom. The SMILES string of the molecule is COCC(C)S(=O)(=O)NCC1CCCN(Cc2ccccc2)C1. The molecule has 1 aliphatic heterocycles. The third-order valence-electron chi connectivity index (χ3n) is 4.36. The Kier molecular flexibility index (Phi) is 7.02. The highest BCUT2D eigenvalue weighted by atomic mass is 32.2. The van der Waals surface area contributed by atoms with Crippen molar-refractivity contribution in [2.75, 3.05) is 33.4 Å². The molecule has 0 spiro atoms. The lowest BCUT2D eigenvalue weighted by Gasteiger charge is -2.33. The Morgan fingerprint density at radius 2 is 2.09 bits per heavy atom. The number of sulfonamides is 1. The van der Waals surface area contributed by atoms with Crippen LogP contribution in [0, 0.1) is 5.92 Å². The molecule has 1 aliphatic rings. The molecule has 0 amide bonds. The summed E-state index contributed by atoms with van der Waals surface area (Å²) in [5.41, 5.74) is 1.31.